The van der Waals surface area contributed by atoms with E-state index in [0.29, 0.717) is 0 Å². The van der Waals surface area contributed by atoms with Crippen molar-refractivity contribution in [2.24, 2.45) is 5.73 Å². The smallest absolute Gasteiger partial charge is 0.245 e. The summed E-state index contributed by atoms with van der Waals surface area (Å²) in [5.74, 6) is 1.48. The zero-order chi connectivity index (χ0) is 13.2. The zero-order valence-corrected chi connectivity index (χ0v) is 11.0. The molecule has 0 bridgehead atoms. The number of aromatic amines is 1. The normalized spacial score (nSPS) is 19.7. The summed E-state index contributed by atoms with van der Waals surface area (Å²) in [6.45, 7) is 3.80. The maximum atomic E-state index is 5.98. The van der Waals surface area contributed by atoms with E-state index in [1.807, 2.05) is 19.2 Å². The third-order valence-corrected chi connectivity index (χ3v) is 3.36. The van der Waals surface area contributed by atoms with Crippen molar-refractivity contribution in [3.05, 3.63) is 24.0 Å². The number of nitrogens with two attached hydrogens (primary N) is 1. The Hall–Kier alpha value is -1.95. The van der Waals surface area contributed by atoms with Gasteiger partial charge in [-0.1, -0.05) is 0 Å². The number of hydrogen-bond acceptors (Lipinski definition) is 5. The molecule has 2 aromatic rings. The summed E-state index contributed by atoms with van der Waals surface area (Å²) >= 11 is 0. The molecule has 1 unspecified atom stereocenters. The van der Waals surface area contributed by atoms with Gasteiger partial charge in [-0.05, 0) is 31.4 Å². The number of pyridine rings is 1. The average Bonchev–Trinajstić information content (AvgIpc) is 2.88. The zero-order valence-electron chi connectivity index (χ0n) is 11.0. The predicted octanol–water partition coefficient (Wildman–Crippen LogP) is 1.10. The minimum absolute atomic E-state index is 0.219. The Bertz CT molecular complexity index is 564. The fourth-order valence-corrected chi connectivity index (χ4v) is 2.40. The molecule has 0 spiro atoms. The van der Waals surface area contributed by atoms with Crippen LogP contribution in [0.2, 0.25) is 0 Å². The van der Waals surface area contributed by atoms with Crippen LogP contribution in [0.3, 0.4) is 0 Å². The van der Waals surface area contributed by atoms with E-state index < -0.39 is 0 Å². The summed E-state index contributed by atoms with van der Waals surface area (Å²) < 4.78 is 0. The quantitative estimate of drug-likeness (QED) is 0.842. The molecule has 6 nitrogen and oxygen atoms in total. The van der Waals surface area contributed by atoms with Gasteiger partial charge < -0.3 is 10.6 Å². The minimum atomic E-state index is 0.219. The lowest BCUT2D eigenvalue weighted by Crippen LogP contribution is -2.43. The topological polar surface area (TPSA) is 83.7 Å². The van der Waals surface area contributed by atoms with Gasteiger partial charge in [0.05, 0.1) is 0 Å². The van der Waals surface area contributed by atoms with Gasteiger partial charge in [-0.25, -0.2) is 0 Å². The number of aromatic nitrogens is 4. The van der Waals surface area contributed by atoms with Crippen LogP contribution in [0, 0.1) is 6.92 Å². The van der Waals surface area contributed by atoms with E-state index in [1.165, 1.54) is 0 Å². The third kappa shape index (κ3) is 2.58. The Labute approximate surface area is 112 Å². The molecule has 1 saturated heterocycles. The summed E-state index contributed by atoms with van der Waals surface area (Å²) in [6.07, 6.45) is 5.79. The Morgan fingerprint density at radius 3 is 3.11 bits per heavy atom. The molecule has 3 N–H and O–H groups in total. The molecular formula is C13H18N6. The van der Waals surface area contributed by atoms with Crippen molar-refractivity contribution < 1.29 is 0 Å². The highest BCUT2D eigenvalue weighted by molar-refractivity contribution is 5.55. The molecule has 1 fully saturated rings. The second-order valence-corrected chi connectivity index (χ2v) is 5.08. The van der Waals surface area contributed by atoms with Gasteiger partial charge in [-0.15, -0.1) is 5.10 Å². The lowest BCUT2D eigenvalue weighted by molar-refractivity contribution is 0.500. The van der Waals surface area contributed by atoms with Crippen molar-refractivity contribution in [3.63, 3.8) is 0 Å². The van der Waals surface area contributed by atoms with Crippen LogP contribution in [0.15, 0.2) is 18.5 Å². The first-order valence-electron chi connectivity index (χ1n) is 6.57. The summed E-state index contributed by atoms with van der Waals surface area (Å²) in [5.41, 5.74) is 8.05. The lowest BCUT2D eigenvalue weighted by Gasteiger charge is -2.29. The number of H-pyrrole nitrogens is 1. The van der Waals surface area contributed by atoms with E-state index in [1.54, 1.807) is 6.20 Å². The number of rotatable bonds is 2. The molecule has 1 aliphatic rings. The van der Waals surface area contributed by atoms with Crippen molar-refractivity contribution >= 4 is 5.95 Å². The second kappa shape index (κ2) is 4.97. The molecule has 0 saturated carbocycles. The molecule has 1 atom stereocenters. The molecule has 0 amide bonds. The highest BCUT2D eigenvalue weighted by atomic mass is 15.4. The highest BCUT2D eigenvalue weighted by Crippen LogP contribution is 2.20. The first-order chi connectivity index (χ1) is 9.22. The molecule has 0 aromatic carbocycles. The van der Waals surface area contributed by atoms with Gasteiger partial charge in [-0.2, -0.15) is 4.98 Å². The SMILES string of the molecule is Cc1cncc(-c2nc(N3CCCC(N)C3)n[nH]2)c1. The number of anilines is 1. The molecule has 2 aromatic heterocycles. The molecule has 0 aliphatic carbocycles. The summed E-state index contributed by atoms with van der Waals surface area (Å²) in [7, 11) is 0. The Balaban J connectivity index is 1.83. The molecular weight excluding hydrogens is 240 g/mol. The van der Waals surface area contributed by atoms with Gasteiger partial charge in [0.15, 0.2) is 5.82 Å². The minimum Gasteiger partial charge on any atom is -0.338 e. The predicted molar refractivity (Wildman–Crippen MR) is 73.8 cm³/mol. The van der Waals surface area contributed by atoms with Crippen molar-refractivity contribution in [1.82, 2.24) is 20.2 Å². The van der Waals surface area contributed by atoms with E-state index >= 15 is 0 Å². The largest absolute Gasteiger partial charge is 0.338 e. The monoisotopic (exact) mass is 258 g/mol. The molecule has 0 radical (unpaired) electrons. The number of nitrogens with one attached hydrogen (secondary N) is 1. The number of aryl methyl sites for hydroxylation is 1. The summed E-state index contributed by atoms with van der Waals surface area (Å²) in [6, 6.07) is 2.26. The van der Waals surface area contributed by atoms with Gasteiger partial charge in [-0.3, -0.25) is 10.1 Å². The maximum Gasteiger partial charge on any atom is 0.245 e. The van der Waals surface area contributed by atoms with E-state index in [4.69, 9.17) is 5.73 Å². The Morgan fingerprint density at radius 1 is 1.42 bits per heavy atom. The van der Waals surface area contributed by atoms with Crippen LogP contribution in [0.5, 0.6) is 0 Å². The van der Waals surface area contributed by atoms with Gasteiger partial charge in [0.1, 0.15) is 0 Å². The fraction of sp³-hybridized carbons (Fsp3) is 0.462. The summed E-state index contributed by atoms with van der Waals surface area (Å²) in [4.78, 5) is 10.9. The standard InChI is InChI=1S/C13H18N6/c1-9-5-10(7-15-6-9)12-16-13(18-17-12)19-4-2-3-11(14)8-19/h5-7,11H,2-4,8,14H2,1H3,(H,16,17,18). The number of nitrogens with zero attached hydrogens (tertiary/aromatic N) is 4. The van der Waals surface area contributed by atoms with Gasteiger partial charge in [0.25, 0.3) is 0 Å². The van der Waals surface area contributed by atoms with Crippen LogP contribution in [0.4, 0.5) is 5.95 Å². The molecule has 3 rings (SSSR count). The third-order valence-electron chi connectivity index (χ3n) is 3.36. The van der Waals surface area contributed by atoms with Crippen LogP contribution < -0.4 is 10.6 Å². The van der Waals surface area contributed by atoms with E-state index in [0.717, 1.165) is 48.8 Å². The number of piperidine rings is 1. The van der Waals surface area contributed by atoms with Crippen molar-refractivity contribution in [2.75, 3.05) is 18.0 Å². The molecule has 19 heavy (non-hydrogen) atoms. The first-order valence-corrected chi connectivity index (χ1v) is 6.57. The maximum absolute atomic E-state index is 5.98. The van der Waals surface area contributed by atoms with Crippen LogP contribution in [0.25, 0.3) is 11.4 Å². The molecule has 3 heterocycles. The second-order valence-electron chi connectivity index (χ2n) is 5.08. The van der Waals surface area contributed by atoms with Gasteiger partial charge in [0, 0.05) is 37.1 Å². The van der Waals surface area contributed by atoms with Gasteiger partial charge >= 0.3 is 0 Å². The highest BCUT2D eigenvalue weighted by Gasteiger charge is 2.20. The van der Waals surface area contributed by atoms with E-state index in [2.05, 4.69) is 25.1 Å². The van der Waals surface area contributed by atoms with Crippen LogP contribution in [-0.2, 0) is 0 Å². The first kappa shape index (κ1) is 12.1. The van der Waals surface area contributed by atoms with Crippen molar-refractivity contribution in [2.45, 2.75) is 25.8 Å². The van der Waals surface area contributed by atoms with Crippen LogP contribution >= 0.6 is 0 Å². The van der Waals surface area contributed by atoms with Gasteiger partial charge in [0.2, 0.25) is 5.95 Å². The summed E-state index contributed by atoms with van der Waals surface area (Å²) in [5, 5.41) is 7.26. The molecule has 100 valence electrons. The van der Waals surface area contributed by atoms with E-state index in [9.17, 15) is 0 Å². The molecule has 6 heteroatoms. The molecule has 1 aliphatic heterocycles. The lowest BCUT2D eigenvalue weighted by atomic mass is 10.1. The fourth-order valence-electron chi connectivity index (χ4n) is 2.40. The van der Waals surface area contributed by atoms with E-state index in [-0.39, 0.29) is 6.04 Å². The van der Waals surface area contributed by atoms with Crippen LogP contribution in [0.1, 0.15) is 18.4 Å². The van der Waals surface area contributed by atoms with Crippen molar-refractivity contribution in [3.8, 4) is 11.4 Å². The Kier molecular flexibility index (Phi) is 3.16. The Morgan fingerprint density at radius 2 is 2.32 bits per heavy atom. The average molecular weight is 258 g/mol. The number of hydrogen-bond donors (Lipinski definition) is 2. The van der Waals surface area contributed by atoms with Crippen molar-refractivity contribution in [1.29, 1.82) is 0 Å². The van der Waals surface area contributed by atoms with Crippen LogP contribution in [-0.4, -0.2) is 39.3 Å².